The molecule has 1 fully saturated rings. The van der Waals surface area contributed by atoms with Crippen LogP contribution in [0.25, 0.3) is 0 Å². The van der Waals surface area contributed by atoms with Crippen LogP contribution in [0.5, 0.6) is 0 Å². The minimum Gasteiger partial charge on any atom is -0.322 e. The number of halogens is 2. The maximum atomic E-state index is 13.7. The Hall–Kier alpha value is -2.46. The first-order valence-corrected chi connectivity index (χ1v) is 9.50. The monoisotopic (exact) mass is 400 g/mol. The maximum absolute atomic E-state index is 13.7. The molecule has 1 aliphatic rings. The van der Waals surface area contributed by atoms with E-state index in [9.17, 15) is 9.18 Å². The Morgan fingerprint density at radius 2 is 2.18 bits per heavy atom. The fourth-order valence-electron chi connectivity index (χ4n) is 3.41. The lowest BCUT2D eigenvalue weighted by Crippen LogP contribution is -2.48. The molecule has 0 aliphatic carbocycles. The number of benzene rings is 2. The van der Waals surface area contributed by atoms with Gasteiger partial charge in [0.2, 0.25) is 0 Å². The van der Waals surface area contributed by atoms with Crippen molar-refractivity contribution in [3.8, 4) is 6.07 Å². The van der Waals surface area contributed by atoms with E-state index in [0.717, 1.165) is 49.4 Å². The summed E-state index contributed by atoms with van der Waals surface area (Å²) in [5.74, 6) is -1.11. The quantitative estimate of drug-likeness (QED) is 0.821. The van der Waals surface area contributed by atoms with E-state index >= 15 is 0 Å². The zero-order valence-electron chi connectivity index (χ0n) is 15.9. The molecule has 2 aromatic rings. The lowest BCUT2D eigenvalue weighted by Gasteiger charge is -2.32. The summed E-state index contributed by atoms with van der Waals surface area (Å²) in [6.07, 6.45) is 0. The number of hydrogen-bond donors (Lipinski definition) is 2. The number of hydrogen-bond acceptors (Lipinski definition) is 4. The Kier molecular flexibility index (Phi) is 6.30. The summed E-state index contributed by atoms with van der Waals surface area (Å²) in [6.45, 7) is 7.63. The second kappa shape index (κ2) is 8.70. The molecule has 2 N–H and O–H groups in total. The highest BCUT2D eigenvalue weighted by molar-refractivity contribution is 6.31. The summed E-state index contributed by atoms with van der Waals surface area (Å²) in [7, 11) is 0. The first-order chi connectivity index (χ1) is 13.4. The van der Waals surface area contributed by atoms with Crippen LogP contribution in [-0.4, -0.2) is 36.5 Å². The van der Waals surface area contributed by atoms with Crippen molar-refractivity contribution in [2.75, 3.05) is 25.0 Å². The van der Waals surface area contributed by atoms with Crippen molar-refractivity contribution in [3.63, 3.8) is 0 Å². The predicted octanol–water partition coefficient (Wildman–Crippen LogP) is 3.71. The molecule has 2 aromatic carbocycles. The third kappa shape index (κ3) is 4.87. The largest absolute Gasteiger partial charge is 0.322 e. The molecule has 1 atom stereocenters. The van der Waals surface area contributed by atoms with E-state index in [0.29, 0.717) is 16.8 Å². The van der Waals surface area contributed by atoms with Gasteiger partial charge >= 0.3 is 0 Å². The maximum Gasteiger partial charge on any atom is 0.255 e. The van der Waals surface area contributed by atoms with Crippen molar-refractivity contribution in [1.29, 1.82) is 5.26 Å². The van der Waals surface area contributed by atoms with Crippen molar-refractivity contribution in [1.82, 2.24) is 10.2 Å². The molecular weight excluding hydrogens is 379 g/mol. The lowest BCUT2D eigenvalue weighted by atomic mass is 10.0. The van der Waals surface area contributed by atoms with Crippen molar-refractivity contribution >= 4 is 23.2 Å². The molecule has 1 heterocycles. The lowest BCUT2D eigenvalue weighted by molar-refractivity contribution is 0.102. The minimum absolute atomic E-state index is 0.0911. The fraction of sp³-hybridized carbons (Fsp3) is 0.333. The Balaban J connectivity index is 1.82. The molecule has 7 heteroatoms. The summed E-state index contributed by atoms with van der Waals surface area (Å²) in [5.41, 5.74) is 2.73. The standard InChI is InChI=1S/C21H22ClFN4O/c1-13-11-27(4-3-25-13)12-17-7-18(22)9-20(14(17)2)26-21(28)16-5-15(10-24)6-19(23)8-16/h5-9,13,25H,3-4,11-12H2,1-2H3,(H,26,28)/t13-/m0/s1. The van der Waals surface area contributed by atoms with Gasteiger partial charge in [0.05, 0.1) is 11.6 Å². The molecular formula is C21H22ClFN4O. The van der Waals surface area contributed by atoms with Gasteiger partial charge in [-0.2, -0.15) is 5.26 Å². The molecule has 1 saturated heterocycles. The van der Waals surface area contributed by atoms with E-state index < -0.39 is 11.7 Å². The third-order valence-corrected chi connectivity index (χ3v) is 5.08. The highest BCUT2D eigenvalue weighted by Gasteiger charge is 2.18. The average molecular weight is 401 g/mol. The van der Waals surface area contributed by atoms with Gasteiger partial charge in [0.1, 0.15) is 5.82 Å². The number of nitriles is 1. The second-order valence-corrected chi connectivity index (χ2v) is 7.56. The van der Waals surface area contributed by atoms with Crippen molar-refractivity contribution in [2.45, 2.75) is 26.4 Å². The molecule has 1 amide bonds. The molecule has 0 bridgehead atoms. The number of amides is 1. The van der Waals surface area contributed by atoms with Crippen LogP contribution in [0.1, 0.15) is 34.0 Å². The van der Waals surface area contributed by atoms with Gasteiger partial charge in [-0.15, -0.1) is 0 Å². The first-order valence-electron chi connectivity index (χ1n) is 9.12. The molecule has 5 nitrogen and oxygen atoms in total. The zero-order chi connectivity index (χ0) is 20.3. The first kappa shape index (κ1) is 20.3. The van der Waals surface area contributed by atoms with E-state index in [2.05, 4.69) is 22.5 Å². The van der Waals surface area contributed by atoms with Crippen LogP contribution in [-0.2, 0) is 6.54 Å². The highest BCUT2D eigenvalue weighted by atomic mass is 35.5. The van der Waals surface area contributed by atoms with Crippen molar-refractivity contribution < 1.29 is 9.18 Å². The van der Waals surface area contributed by atoms with Gasteiger partial charge in [0.25, 0.3) is 5.91 Å². The number of carbonyl (C=O) groups is 1. The topological polar surface area (TPSA) is 68.2 Å². The van der Waals surface area contributed by atoms with Crippen LogP contribution in [0.3, 0.4) is 0 Å². The van der Waals surface area contributed by atoms with E-state index in [1.165, 1.54) is 6.07 Å². The number of carbonyl (C=O) groups excluding carboxylic acids is 1. The minimum atomic E-state index is -0.625. The highest BCUT2D eigenvalue weighted by Crippen LogP contribution is 2.27. The Labute approximate surface area is 169 Å². The Morgan fingerprint density at radius 3 is 2.89 bits per heavy atom. The van der Waals surface area contributed by atoms with Gasteiger partial charge < -0.3 is 10.6 Å². The molecule has 28 heavy (non-hydrogen) atoms. The van der Waals surface area contributed by atoms with Crippen molar-refractivity contribution in [3.05, 3.63) is 63.4 Å². The molecule has 0 unspecified atom stereocenters. The van der Waals surface area contributed by atoms with Crippen LogP contribution in [0.15, 0.2) is 30.3 Å². The van der Waals surface area contributed by atoms with Crippen LogP contribution < -0.4 is 10.6 Å². The summed E-state index contributed by atoms with van der Waals surface area (Å²) >= 11 is 6.29. The SMILES string of the molecule is Cc1c(CN2CCN[C@@H](C)C2)cc(Cl)cc1NC(=O)c1cc(F)cc(C#N)c1. The van der Waals surface area contributed by atoms with Gasteiger partial charge in [-0.3, -0.25) is 9.69 Å². The molecule has 0 aromatic heterocycles. The molecule has 0 spiro atoms. The zero-order valence-corrected chi connectivity index (χ0v) is 16.6. The van der Waals surface area contributed by atoms with E-state index in [1.807, 2.05) is 19.1 Å². The van der Waals surface area contributed by atoms with E-state index in [1.54, 1.807) is 6.07 Å². The second-order valence-electron chi connectivity index (χ2n) is 7.12. The fourth-order valence-corrected chi connectivity index (χ4v) is 3.65. The Bertz CT molecular complexity index is 941. The summed E-state index contributed by atoms with van der Waals surface area (Å²) in [5, 5.41) is 15.7. The van der Waals surface area contributed by atoms with Gasteiger partial charge in [0, 0.05) is 48.5 Å². The number of nitrogens with zero attached hydrogens (tertiary/aromatic N) is 2. The number of anilines is 1. The third-order valence-electron chi connectivity index (χ3n) is 4.86. The summed E-state index contributed by atoms with van der Waals surface area (Å²) in [6, 6.07) is 9.44. The number of rotatable bonds is 4. The number of piperazine rings is 1. The van der Waals surface area contributed by atoms with E-state index in [-0.39, 0.29) is 11.1 Å². The summed E-state index contributed by atoms with van der Waals surface area (Å²) < 4.78 is 13.7. The van der Waals surface area contributed by atoms with Gasteiger partial charge in [0.15, 0.2) is 0 Å². The number of nitrogens with one attached hydrogen (secondary N) is 2. The molecule has 146 valence electrons. The van der Waals surface area contributed by atoms with Gasteiger partial charge in [-0.25, -0.2) is 4.39 Å². The molecule has 0 saturated carbocycles. The predicted molar refractivity (Wildman–Crippen MR) is 108 cm³/mol. The average Bonchev–Trinajstić information content (AvgIpc) is 2.65. The Morgan fingerprint density at radius 1 is 1.39 bits per heavy atom. The molecule has 3 rings (SSSR count). The molecule has 0 radical (unpaired) electrons. The normalized spacial score (nSPS) is 17.2. The van der Waals surface area contributed by atoms with Crippen LogP contribution in [0.4, 0.5) is 10.1 Å². The molecule has 1 aliphatic heterocycles. The van der Waals surface area contributed by atoms with Gasteiger partial charge in [-0.1, -0.05) is 11.6 Å². The smallest absolute Gasteiger partial charge is 0.255 e. The van der Waals surface area contributed by atoms with E-state index in [4.69, 9.17) is 16.9 Å². The summed E-state index contributed by atoms with van der Waals surface area (Å²) in [4.78, 5) is 14.9. The van der Waals surface area contributed by atoms with Crippen LogP contribution in [0, 0.1) is 24.1 Å². The van der Waals surface area contributed by atoms with Crippen LogP contribution in [0.2, 0.25) is 5.02 Å². The van der Waals surface area contributed by atoms with Crippen LogP contribution >= 0.6 is 11.6 Å². The van der Waals surface area contributed by atoms with Gasteiger partial charge in [-0.05, 0) is 55.3 Å². The van der Waals surface area contributed by atoms with Crippen molar-refractivity contribution in [2.24, 2.45) is 0 Å².